The lowest BCUT2D eigenvalue weighted by molar-refractivity contribution is -0.193. The average molecular weight is 468 g/mol. The SMILES string of the molecule is CC1(C)C(C=O)C1(C)C.O=C(O)C(F)(F)F.O=C(O)C(F)(F)F.O=C(O)C(F)(F)F. The molecule has 0 bridgehead atoms. The third kappa shape index (κ3) is 11.5. The van der Waals surface area contributed by atoms with E-state index in [0.29, 0.717) is 0 Å². The second kappa shape index (κ2) is 10.5. The Morgan fingerprint density at radius 3 is 0.767 bits per heavy atom. The first kappa shape index (κ1) is 32.1. The monoisotopic (exact) mass is 468 g/mol. The molecule has 0 aromatic rings. The average Bonchev–Trinajstić information content (AvgIpc) is 2.86. The third-order valence-corrected chi connectivity index (χ3v) is 4.00. The number of rotatable bonds is 1. The first-order valence-electron chi connectivity index (χ1n) is 7.13. The number of hydrogen-bond acceptors (Lipinski definition) is 4. The zero-order chi connectivity index (χ0) is 25.5. The molecule has 0 unspecified atom stereocenters. The van der Waals surface area contributed by atoms with Gasteiger partial charge in [-0.05, 0) is 10.8 Å². The highest BCUT2D eigenvalue weighted by Gasteiger charge is 2.64. The summed E-state index contributed by atoms with van der Waals surface area (Å²) in [4.78, 5) is 37.1. The number of aliphatic carboxylic acids is 3. The number of carbonyl (C=O) groups excluding carboxylic acids is 1. The Labute approximate surface area is 162 Å². The van der Waals surface area contributed by atoms with E-state index in [9.17, 15) is 44.3 Å². The number of aldehydes is 1. The van der Waals surface area contributed by atoms with Gasteiger partial charge in [-0.15, -0.1) is 0 Å². The molecule has 1 saturated carbocycles. The van der Waals surface area contributed by atoms with Gasteiger partial charge in [0, 0.05) is 5.92 Å². The Morgan fingerprint density at radius 1 is 0.633 bits per heavy atom. The maximum atomic E-state index is 10.6. The van der Waals surface area contributed by atoms with Gasteiger partial charge in [0.1, 0.15) is 6.29 Å². The lowest BCUT2D eigenvalue weighted by Crippen LogP contribution is -2.21. The standard InChI is InChI=1S/C8H14O.3C2HF3O2/c1-7(2)6(5-9)8(7,3)4;3*3-2(4,5)1(6)7/h5-6H,1-4H3;3*(H,6,7). The van der Waals surface area contributed by atoms with Crippen molar-refractivity contribution in [1.82, 2.24) is 0 Å². The predicted octanol–water partition coefficient (Wildman–Crippen LogP) is 3.77. The molecule has 0 radical (unpaired) electrons. The van der Waals surface area contributed by atoms with Crippen molar-refractivity contribution in [3.63, 3.8) is 0 Å². The van der Waals surface area contributed by atoms with Crippen molar-refractivity contribution < 1.29 is 74.0 Å². The smallest absolute Gasteiger partial charge is 0.475 e. The van der Waals surface area contributed by atoms with Gasteiger partial charge in [0.2, 0.25) is 0 Å². The van der Waals surface area contributed by atoms with Crippen LogP contribution in [-0.2, 0) is 19.2 Å². The van der Waals surface area contributed by atoms with Crippen LogP contribution in [0.2, 0.25) is 0 Å². The van der Waals surface area contributed by atoms with Crippen LogP contribution in [0.4, 0.5) is 39.5 Å². The van der Waals surface area contributed by atoms with Crippen molar-refractivity contribution in [2.45, 2.75) is 46.2 Å². The number of carboxylic acid groups (broad SMARTS) is 3. The summed E-state index contributed by atoms with van der Waals surface area (Å²) in [6, 6.07) is 0. The minimum absolute atomic E-state index is 0.245. The van der Waals surface area contributed by atoms with E-state index in [1.54, 1.807) is 0 Å². The molecule has 1 aliphatic carbocycles. The van der Waals surface area contributed by atoms with Crippen LogP contribution in [0.1, 0.15) is 27.7 Å². The van der Waals surface area contributed by atoms with Gasteiger partial charge in [0.15, 0.2) is 0 Å². The summed E-state index contributed by atoms with van der Waals surface area (Å²) >= 11 is 0. The van der Waals surface area contributed by atoms with Gasteiger partial charge in [-0.3, -0.25) is 0 Å². The van der Waals surface area contributed by atoms with Crippen LogP contribution in [0.3, 0.4) is 0 Å². The Hall–Kier alpha value is -2.55. The summed E-state index contributed by atoms with van der Waals surface area (Å²) in [6.45, 7) is 8.58. The predicted molar refractivity (Wildman–Crippen MR) is 78.2 cm³/mol. The molecule has 1 aliphatic rings. The normalized spacial score (nSPS) is 16.8. The Balaban J connectivity index is -0.000000327. The molecule has 1 rings (SSSR count). The van der Waals surface area contributed by atoms with E-state index in [1.807, 2.05) is 0 Å². The topological polar surface area (TPSA) is 129 Å². The highest BCUT2D eigenvalue weighted by molar-refractivity contribution is 5.73. The molecule has 0 aliphatic heterocycles. The molecule has 0 saturated heterocycles. The highest BCUT2D eigenvalue weighted by Crippen LogP contribution is 2.67. The molecule has 0 aromatic carbocycles. The molecule has 0 spiro atoms. The molecule has 30 heavy (non-hydrogen) atoms. The van der Waals surface area contributed by atoms with Crippen LogP contribution in [0.25, 0.3) is 0 Å². The van der Waals surface area contributed by atoms with Crippen LogP contribution in [0.15, 0.2) is 0 Å². The first-order chi connectivity index (χ1) is 12.8. The molecule has 16 heteroatoms. The summed E-state index contributed by atoms with van der Waals surface area (Å²) in [5.74, 6) is -7.99. The molecule has 178 valence electrons. The summed E-state index contributed by atoms with van der Waals surface area (Å²) in [7, 11) is 0. The number of carboxylic acids is 3. The maximum Gasteiger partial charge on any atom is 0.490 e. The molecule has 0 atom stereocenters. The lowest BCUT2D eigenvalue weighted by Gasteiger charge is -2.03. The van der Waals surface area contributed by atoms with Crippen LogP contribution in [0, 0.1) is 16.7 Å². The van der Waals surface area contributed by atoms with Crippen molar-refractivity contribution in [1.29, 1.82) is 0 Å². The van der Waals surface area contributed by atoms with Crippen molar-refractivity contribution >= 4 is 24.2 Å². The zero-order valence-corrected chi connectivity index (χ0v) is 15.5. The second-order valence-corrected chi connectivity index (χ2v) is 6.47. The molecular formula is C14H17F9O7. The third-order valence-electron chi connectivity index (χ3n) is 4.00. The van der Waals surface area contributed by atoms with E-state index in [4.69, 9.17) is 29.7 Å². The van der Waals surface area contributed by atoms with Gasteiger partial charge in [-0.1, -0.05) is 27.7 Å². The summed E-state index contributed by atoms with van der Waals surface area (Å²) in [5.41, 5.74) is 0.490. The molecular weight excluding hydrogens is 451 g/mol. The fourth-order valence-electron chi connectivity index (χ4n) is 1.59. The Kier molecular flexibility index (Phi) is 11.2. The Bertz CT molecular complexity index is 546. The minimum Gasteiger partial charge on any atom is -0.475 e. The largest absolute Gasteiger partial charge is 0.490 e. The van der Waals surface area contributed by atoms with Crippen molar-refractivity contribution in [3.05, 3.63) is 0 Å². The van der Waals surface area contributed by atoms with Crippen LogP contribution in [-0.4, -0.2) is 58.0 Å². The van der Waals surface area contributed by atoms with E-state index in [2.05, 4.69) is 27.7 Å². The van der Waals surface area contributed by atoms with E-state index >= 15 is 0 Å². The van der Waals surface area contributed by atoms with Gasteiger partial charge in [-0.2, -0.15) is 39.5 Å². The van der Waals surface area contributed by atoms with E-state index in [0.717, 1.165) is 6.29 Å². The van der Waals surface area contributed by atoms with Crippen molar-refractivity contribution in [3.8, 4) is 0 Å². The van der Waals surface area contributed by atoms with E-state index < -0.39 is 36.4 Å². The molecule has 0 aromatic heterocycles. The molecule has 7 nitrogen and oxygen atoms in total. The first-order valence-corrected chi connectivity index (χ1v) is 7.13. The summed E-state index contributed by atoms with van der Waals surface area (Å²) in [6.07, 6.45) is -14.2. The van der Waals surface area contributed by atoms with Gasteiger partial charge >= 0.3 is 36.4 Å². The summed E-state index contributed by atoms with van der Waals surface area (Å²) < 4.78 is 95.2. The van der Waals surface area contributed by atoms with Gasteiger partial charge < -0.3 is 20.1 Å². The second-order valence-electron chi connectivity index (χ2n) is 6.47. The fraction of sp³-hybridized carbons (Fsp3) is 0.714. The van der Waals surface area contributed by atoms with Crippen molar-refractivity contribution in [2.24, 2.45) is 16.7 Å². The molecule has 0 heterocycles. The molecule has 3 N–H and O–H groups in total. The number of alkyl halides is 9. The lowest BCUT2D eigenvalue weighted by atomic mass is 10.0. The number of carbonyl (C=O) groups is 4. The fourth-order valence-corrected chi connectivity index (χ4v) is 1.59. The maximum absolute atomic E-state index is 10.6. The Morgan fingerprint density at radius 2 is 0.767 bits per heavy atom. The number of hydrogen-bond donors (Lipinski definition) is 3. The minimum atomic E-state index is -5.08. The van der Waals surface area contributed by atoms with Gasteiger partial charge in [0.25, 0.3) is 0 Å². The van der Waals surface area contributed by atoms with Crippen molar-refractivity contribution in [2.75, 3.05) is 0 Å². The quantitative estimate of drug-likeness (QED) is 0.395. The van der Waals surface area contributed by atoms with E-state index in [1.165, 1.54) is 0 Å². The van der Waals surface area contributed by atoms with Crippen LogP contribution in [0.5, 0.6) is 0 Å². The number of halogens is 9. The van der Waals surface area contributed by atoms with Crippen LogP contribution < -0.4 is 0 Å². The van der Waals surface area contributed by atoms with E-state index in [-0.39, 0.29) is 16.7 Å². The summed E-state index contributed by atoms with van der Waals surface area (Å²) in [5, 5.41) is 21.4. The molecule has 1 fully saturated rings. The molecule has 0 amide bonds. The highest BCUT2D eigenvalue weighted by atomic mass is 19.4. The van der Waals surface area contributed by atoms with Gasteiger partial charge in [-0.25, -0.2) is 14.4 Å². The van der Waals surface area contributed by atoms with Crippen LogP contribution >= 0.6 is 0 Å². The van der Waals surface area contributed by atoms with Gasteiger partial charge in [0.05, 0.1) is 0 Å². The zero-order valence-electron chi connectivity index (χ0n) is 15.5.